The molecule has 0 radical (unpaired) electrons. The van der Waals surface area contributed by atoms with Crippen molar-refractivity contribution in [1.29, 1.82) is 0 Å². The van der Waals surface area contributed by atoms with Crippen LogP contribution < -0.4 is 5.73 Å². The largest absolute Gasteiger partial charge is 0.399 e. The highest BCUT2D eigenvalue weighted by atomic mass is 127. The molecule has 0 unspecified atom stereocenters. The minimum atomic E-state index is 0.841. The second-order valence-corrected chi connectivity index (χ2v) is 6.33. The molecule has 0 bridgehead atoms. The van der Waals surface area contributed by atoms with E-state index < -0.39 is 0 Å². The van der Waals surface area contributed by atoms with Gasteiger partial charge in [0.25, 0.3) is 0 Å². The monoisotopic (exact) mass is 380 g/mol. The van der Waals surface area contributed by atoms with Crippen molar-refractivity contribution in [2.24, 2.45) is 0 Å². The quantitative estimate of drug-likeness (QED) is 0.599. The zero-order chi connectivity index (χ0) is 14.4. The number of anilines is 1. The molecule has 20 heavy (non-hydrogen) atoms. The fraction of sp³-hybridized carbons (Fsp3) is 0.294. The van der Waals surface area contributed by atoms with Gasteiger partial charge < -0.3 is 5.73 Å². The summed E-state index contributed by atoms with van der Waals surface area (Å²) in [4.78, 5) is 2.47. The maximum atomic E-state index is 5.86. The van der Waals surface area contributed by atoms with Gasteiger partial charge >= 0.3 is 0 Å². The van der Waals surface area contributed by atoms with E-state index in [4.69, 9.17) is 5.73 Å². The molecule has 2 rings (SSSR count). The molecule has 0 fully saturated rings. The highest BCUT2D eigenvalue weighted by molar-refractivity contribution is 14.1. The van der Waals surface area contributed by atoms with Crippen LogP contribution in [0.1, 0.15) is 24.5 Å². The molecule has 0 aliphatic rings. The summed E-state index contributed by atoms with van der Waals surface area (Å²) in [6.45, 7) is 5.26. The van der Waals surface area contributed by atoms with E-state index in [-0.39, 0.29) is 0 Å². The normalized spacial score (nSPS) is 10.9. The highest BCUT2D eigenvalue weighted by Crippen LogP contribution is 2.14. The third-order valence-corrected chi connectivity index (χ3v) is 3.94. The van der Waals surface area contributed by atoms with Gasteiger partial charge in [0.15, 0.2) is 0 Å². The van der Waals surface area contributed by atoms with Crippen molar-refractivity contribution in [2.45, 2.75) is 26.4 Å². The Morgan fingerprint density at radius 3 is 2.35 bits per heavy atom. The van der Waals surface area contributed by atoms with E-state index in [0.717, 1.165) is 31.7 Å². The third-order valence-electron chi connectivity index (χ3n) is 3.22. The summed E-state index contributed by atoms with van der Waals surface area (Å²) >= 11 is 2.34. The van der Waals surface area contributed by atoms with Gasteiger partial charge in [0.2, 0.25) is 0 Å². The van der Waals surface area contributed by atoms with Crippen LogP contribution in [-0.4, -0.2) is 11.4 Å². The van der Waals surface area contributed by atoms with Gasteiger partial charge in [-0.1, -0.05) is 31.2 Å². The smallest absolute Gasteiger partial charge is 0.0317 e. The summed E-state index contributed by atoms with van der Waals surface area (Å²) in [6.07, 6.45) is 1.16. The van der Waals surface area contributed by atoms with Gasteiger partial charge in [-0.3, -0.25) is 4.90 Å². The molecule has 0 aliphatic carbocycles. The predicted molar refractivity (Wildman–Crippen MR) is 94.4 cm³/mol. The first-order chi connectivity index (χ1) is 9.67. The molecule has 2 N–H and O–H groups in total. The Labute approximate surface area is 135 Å². The molecule has 106 valence electrons. The molecule has 0 amide bonds. The van der Waals surface area contributed by atoms with Crippen molar-refractivity contribution in [2.75, 3.05) is 12.3 Å². The predicted octanol–water partition coefficient (Wildman–Crippen LogP) is 4.29. The lowest BCUT2D eigenvalue weighted by Gasteiger charge is -2.22. The van der Waals surface area contributed by atoms with Gasteiger partial charge in [-0.2, -0.15) is 0 Å². The summed E-state index contributed by atoms with van der Waals surface area (Å²) in [6, 6.07) is 16.9. The Morgan fingerprint density at radius 1 is 1.00 bits per heavy atom. The van der Waals surface area contributed by atoms with Crippen LogP contribution in [0.5, 0.6) is 0 Å². The fourth-order valence-electron chi connectivity index (χ4n) is 2.33. The minimum absolute atomic E-state index is 0.841. The van der Waals surface area contributed by atoms with Crippen LogP contribution in [0.2, 0.25) is 0 Å². The molecule has 0 aliphatic heterocycles. The van der Waals surface area contributed by atoms with E-state index in [1.165, 1.54) is 14.7 Å². The third kappa shape index (κ3) is 4.80. The second-order valence-electron chi connectivity index (χ2n) is 5.08. The van der Waals surface area contributed by atoms with Gasteiger partial charge in [0.05, 0.1) is 0 Å². The molecule has 2 aromatic rings. The van der Waals surface area contributed by atoms with Crippen LogP contribution in [0, 0.1) is 3.57 Å². The lowest BCUT2D eigenvalue weighted by Crippen LogP contribution is -2.23. The Morgan fingerprint density at radius 2 is 1.70 bits per heavy atom. The molecule has 2 nitrogen and oxygen atoms in total. The number of hydrogen-bond donors (Lipinski definition) is 1. The van der Waals surface area contributed by atoms with Crippen molar-refractivity contribution in [1.82, 2.24) is 4.90 Å². The zero-order valence-corrected chi connectivity index (χ0v) is 14.0. The lowest BCUT2D eigenvalue weighted by molar-refractivity contribution is 0.257. The molecule has 0 aromatic heterocycles. The van der Waals surface area contributed by atoms with E-state index in [1.807, 2.05) is 12.1 Å². The standard InChI is InChI=1S/C17H21IN2/c1-2-10-20(12-14-6-8-16(18)9-7-14)13-15-4-3-5-17(19)11-15/h3-9,11H,2,10,12-13,19H2,1H3. The summed E-state index contributed by atoms with van der Waals surface area (Å²) in [5.74, 6) is 0. The number of hydrogen-bond acceptors (Lipinski definition) is 2. The average molecular weight is 380 g/mol. The molecular formula is C17H21IN2. The van der Waals surface area contributed by atoms with E-state index >= 15 is 0 Å². The Balaban J connectivity index is 2.05. The fourth-order valence-corrected chi connectivity index (χ4v) is 2.69. The Kier molecular flexibility index (Phi) is 5.86. The molecular weight excluding hydrogens is 359 g/mol. The lowest BCUT2D eigenvalue weighted by atomic mass is 10.1. The molecule has 0 atom stereocenters. The zero-order valence-electron chi connectivity index (χ0n) is 11.8. The van der Waals surface area contributed by atoms with Crippen molar-refractivity contribution in [3.8, 4) is 0 Å². The minimum Gasteiger partial charge on any atom is -0.399 e. The molecule has 0 spiro atoms. The van der Waals surface area contributed by atoms with E-state index in [2.05, 4.69) is 70.8 Å². The van der Waals surface area contributed by atoms with Crippen molar-refractivity contribution in [3.63, 3.8) is 0 Å². The van der Waals surface area contributed by atoms with Gasteiger partial charge in [-0.15, -0.1) is 0 Å². The van der Waals surface area contributed by atoms with E-state index in [0.29, 0.717) is 0 Å². The molecule has 0 saturated carbocycles. The summed E-state index contributed by atoms with van der Waals surface area (Å²) in [7, 11) is 0. The van der Waals surface area contributed by atoms with Crippen LogP contribution in [0.3, 0.4) is 0 Å². The van der Waals surface area contributed by atoms with Crippen LogP contribution in [-0.2, 0) is 13.1 Å². The first kappa shape index (κ1) is 15.3. The average Bonchev–Trinajstić information content (AvgIpc) is 2.42. The van der Waals surface area contributed by atoms with Crippen molar-refractivity contribution in [3.05, 3.63) is 63.2 Å². The van der Waals surface area contributed by atoms with Gasteiger partial charge in [-0.05, 0) is 70.9 Å². The molecule has 3 heteroatoms. The van der Waals surface area contributed by atoms with Crippen molar-refractivity contribution >= 4 is 28.3 Å². The van der Waals surface area contributed by atoms with Gasteiger partial charge in [0.1, 0.15) is 0 Å². The van der Waals surface area contributed by atoms with Crippen LogP contribution in [0.4, 0.5) is 5.69 Å². The number of rotatable bonds is 6. The maximum Gasteiger partial charge on any atom is 0.0317 e. The van der Waals surface area contributed by atoms with Gasteiger partial charge in [-0.25, -0.2) is 0 Å². The SMILES string of the molecule is CCCN(Cc1ccc(I)cc1)Cc1cccc(N)c1. The number of nitrogen functional groups attached to an aromatic ring is 1. The number of nitrogens with zero attached hydrogens (tertiary/aromatic N) is 1. The van der Waals surface area contributed by atoms with Crippen molar-refractivity contribution < 1.29 is 0 Å². The topological polar surface area (TPSA) is 29.3 Å². The van der Waals surface area contributed by atoms with Crippen LogP contribution in [0.25, 0.3) is 0 Å². The van der Waals surface area contributed by atoms with Crippen LogP contribution >= 0.6 is 22.6 Å². The second kappa shape index (κ2) is 7.64. The summed E-state index contributed by atoms with van der Waals surface area (Å²) in [5, 5.41) is 0. The summed E-state index contributed by atoms with van der Waals surface area (Å²) < 4.78 is 1.28. The number of nitrogens with two attached hydrogens (primary N) is 1. The molecule has 0 heterocycles. The highest BCUT2D eigenvalue weighted by Gasteiger charge is 2.06. The summed E-state index contributed by atoms with van der Waals surface area (Å²) in [5.41, 5.74) is 9.34. The molecule has 0 saturated heterocycles. The molecule has 2 aromatic carbocycles. The Bertz CT molecular complexity index is 537. The Hall–Kier alpha value is -1.07. The van der Waals surface area contributed by atoms with Crippen LogP contribution in [0.15, 0.2) is 48.5 Å². The maximum absolute atomic E-state index is 5.86. The first-order valence-electron chi connectivity index (χ1n) is 6.98. The first-order valence-corrected chi connectivity index (χ1v) is 8.06. The number of benzene rings is 2. The van der Waals surface area contributed by atoms with Gasteiger partial charge in [0, 0.05) is 22.3 Å². The van der Waals surface area contributed by atoms with E-state index in [9.17, 15) is 0 Å². The number of halogens is 1. The van der Waals surface area contributed by atoms with E-state index in [1.54, 1.807) is 0 Å².